The van der Waals surface area contributed by atoms with Crippen LogP contribution in [0, 0.1) is 0 Å². The highest BCUT2D eigenvalue weighted by Crippen LogP contribution is 2.55. The zero-order chi connectivity index (χ0) is 54.7. The summed E-state index contributed by atoms with van der Waals surface area (Å²) in [6, 6.07) is 14.5. The summed E-state index contributed by atoms with van der Waals surface area (Å²) in [7, 11) is -5.88. The maximum absolute atomic E-state index is 15.7. The van der Waals surface area contributed by atoms with Crippen LogP contribution in [0.3, 0.4) is 0 Å². The largest absolute Gasteiger partial charge is 0.479 e. The molecular formula is C46H56NO26P. The highest BCUT2D eigenvalue weighted by atomic mass is 31.2. The van der Waals surface area contributed by atoms with E-state index in [1.165, 1.54) is 0 Å². The lowest BCUT2D eigenvalue weighted by Gasteiger charge is -2.46. The van der Waals surface area contributed by atoms with Crippen LogP contribution in [0.5, 0.6) is 0 Å². The third-order valence-electron chi connectivity index (χ3n) is 9.77. The SMILES string of the molecule is CC(=O)OC[C@H]1O[C@H](OP(=O)(OC[C@H](NC(=O)OCc2ccccc2)C(=O)OCc2ccccc2)O[C@H]2O[C@H](COC(C)=O)[C@@H](OC(C)=O)[C@H](OC(C)=O)[C@@H]2OC(C)=O)[C@@H](OC(C)=O)[C@@H](OC(C)=O)[C@@H]1OC(C)=O. The van der Waals surface area contributed by atoms with Crippen LogP contribution in [0.1, 0.15) is 66.5 Å². The summed E-state index contributed by atoms with van der Waals surface area (Å²) in [4.78, 5) is 127. The molecule has 4 rings (SSSR count). The first-order chi connectivity index (χ1) is 34.9. The van der Waals surface area contributed by atoms with Crippen LogP contribution < -0.4 is 5.32 Å². The third kappa shape index (κ3) is 19.4. The highest BCUT2D eigenvalue weighted by molar-refractivity contribution is 7.48. The van der Waals surface area contributed by atoms with Gasteiger partial charge in [-0.25, -0.2) is 14.2 Å². The van der Waals surface area contributed by atoms with Crippen molar-refractivity contribution in [1.29, 1.82) is 0 Å². The molecule has 1 N–H and O–H groups in total. The van der Waals surface area contributed by atoms with Gasteiger partial charge >= 0.3 is 67.6 Å². The fraction of sp³-hybridized carbons (Fsp3) is 0.522. The number of esters is 9. The van der Waals surface area contributed by atoms with Crippen molar-refractivity contribution in [1.82, 2.24) is 5.32 Å². The van der Waals surface area contributed by atoms with Crippen molar-refractivity contribution in [2.45, 2.75) is 136 Å². The Hall–Kier alpha value is -7.03. The summed E-state index contributed by atoms with van der Waals surface area (Å²) >= 11 is 0. The van der Waals surface area contributed by atoms with Gasteiger partial charge in [-0.1, -0.05) is 60.7 Å². The van der Waals surface area contributed by atoms with Gasteiger partial charge in [0.05, 0.1) is 6.61 Å². The molecule has 11 atom stereocenters. The molecule has 2 aliphatic heterocycles. The Bertz CT molecular complexity index is 2250. The van der Waals surface area contributed by atoms with E-state index >= 15 is 4.57 Å². The van der Waals surface area contributed by atoms with E-state index in [2.05, 4.69) is 5.32 Å². The minimum atomic E-state index is -5.88. The number of phosphoric acid groups is 1. The second-order valence-corrected chi connectivity index (χ2v) is 17.5. The zero-order valence-electron chi connectivity index (χ0n) is 41.2. The fourth-order valence-electron chi connectivity index (χ4n) is 6.96. The second kappa shape index (κ2) is 28.4. The number of ether oxygens (including phenoxy) is 12. The summed E-state index contributed by atoms with van der Waals surface area (Å²) in [5, 5.41) is 2.24. The summed E-state index contributed by atoms with van der Waals surface area (Å²) in [5.41, 5.74) is 1.01. The quantitative estimate of drug-likeness (QED) is 0.0948. The highest BCUT2D eigenvalue weighted by Gasteiger charge is 2.58. The van der Waals surface area contributed by atoms with Gasteiger partial charge in [0.1, 0.15) is 38.6 Å². The molecular weight excluding hydrogens is 1010 g/mol. The van der Waals surface area contributed by atoms with Gasteiger partial charge in [-0.3, -0.25) is 51.9 Å². The van der Waals surface area contributed by atoms with Crippen LogP contribution in [-0.2, 0) is 131 Å². The van der Waals surface area contributed by atoms with Gasteiger partial charge in [-0.2, -0.15) is 0 Å². The Kier molecular flexibility index (Phi) is 22.9. The number of benzene rings is 2. The predicted octanol–water partition coefficient (Wildman–Crippen LogP) is 2.35. The first-order valence-corrected chi connectivity index (χ1v) is 23.8. The molecule has 2 aromatic rings. The average Bonchev–Trinajstić information content (AvgIpc) is 3.31. The van der Waals surface area contributed by atoms with Gasteiger partial charge < -0.3 is 62.2 Å². The van der Waals surface area contributed by atoms with Gasteiger partial charge in [0, 0.05) is 55.4 Å². The Morgan fingerprint density at radius 2 is 0.824 bits per heavy atom. The topological polar surface area (TPSA) is 338 Å². The van der Waals surface area contributed by atoms with Crippen molar-refractivity contribution in [3.63, 3.8) is 0 Å². The standard InChI is InChI=1S/C46H56NO26P/c1-24(48)59-22-35-37(64-26(3)50)39(66-28(5)52)41(68-30(7)54)44(70-35)72-74(58,73-45-42(69-31(8)55)40(67-29(6)53)38(65-27(4)51)36(71-45)23-60-25(2)49)63-21-34(43(56)61-19-32-15-11-9-12-16-32)47-46(57)62-20-33-17-13-10-14-18-33/h9-18,34-42,44-45H,19-23H2,1-8H3,(H,47,57)/t34-,35+,36+,37+,38+,39-,40-,41-,42-,44+,45+/m0/s1. The van der Waals surface area contributed by atoms with Crippen molar-refractivity contribution in [3.8, 4) is 0 Å². The number of rotatable bonds is 23. The second-order valence-electron chi connectivity index (χ2n) is 15.9. The molecule has 406 valence electrons. The van der Waals surface area contributed by atoms with E-state index in [1.807, 2.05) is 0 Å². The molecule has 0 unspecified atom stereocenters. The Balaban J connectivity index is 1.91. The van der Waals surface area contributed by atoms with Crippen molar-refractivity contribution in [2.75, 3.05) is 19.8 Å². The molecule has 2 heterocycles. The van der Waals surface area contributed by atoms with E-state index in [9.17, 15) is 47.9 Å². The summed E-state index contributed by atoms with van der Waals surface area (Å²) in [5.74, 6) is -9.50. The Morgan fingerprint density at radius 3 is 1.19 bits per heavy atom. The molecule has 0 radical (unpaired) electrons. The third-order valence-corrected chi connectivity index (χ3v) is 11.2. The molecule has 2 fully saturated rings. The zero-order valence-corrected chi connectivity index (χ0v) is 42.1. The van der Waals surface area contributed by atoms with E-state index in [0.717, 1.165) is 55.4 Å². The van der Waals surface area contributed by atoms with E-state index in [0.29, 0.717) is 11.1 Å². The molecule has 0 aromatic heterocycles. The normalized spacial score (nSPS) is 24.4. The molecule has 2 aromatic carbocycles. The van der Waals surface area contributed by atoms with Crippen LogP contribution in [0.25, 0.3) is 0 Å². The average molecular weight is 1070 g/mol. The molecule has 2 saturated heterocycles. The smallest absolute Gasteiger partial charge is 0.463 e. The first-order valence-electron chi connectivity index (χ1n) is 22.3. The first kappa shape index (κ1) is 59.5. The van der Waals surface area contributed by atoms with Gasteiger partial charge in [0.2, 0.25) is 12.6 Å². The number of carbonyl (C=O) groups is 10. The maximum atomic E-state index is 15.7. The van der Waals surface area contributed by atoms with Crippen molar-refractivity contribution < 1.29 is 123 Å². The molecule has 2 aliphatic rings. The monoisotopic (exact) mass is 1070 g/mol. The molecule has 74 heavy (non-hydrogen) atoms. The molecule has 0 spiro atoms. The minimum Gasteiger partial charge on any atom is -0.463 e. The summed E-state index contributed by atoms with van der Waals surface area (Å²) in [6.45, 7) is 3.92. The van der Waals surface area contributed by atoms with Gasteiger partial charge in [-0.15, -0.1) is 0 Å². The summed E-state index contributed by atoms with van der Waals surface area (Å²) in [6.07, 6.45) is -21.2. The van der Waals surface area contributed by atoms with Crippen LogP contribution >= 0.6 is 7.82 Å². The van der Waals surface area contributed by atoms with Gasteiger partial charge in [0.15, 0.2) is 42.7 Å². The van der Waals surface area contributed by atoms with Crippen LogP contribution in [0.4, 0.5) is 4.79 Å². The number of alkyl carbamates (subject to hydrolysis) is 1. The van der Waals surface area contributed by atoms with E-state index in [4.69, 9.17) is 70.4 Å². The number of carbonyl (C=O) groups excluding carboxylic acids is 10. The fourth-order valence-corrected chi connectivity index (χ4v) is 8.31. The van der Waals surface area contributed by atoms with Gasteiger partial charge in [0.25, 0.3) is 0 Å². The number of phosphoric ester groups is 1. The van der Waals surface area contributed by atoms with Crippen molar-refractivity contribution >= 4 is 67.6 Å². The van der Waals surface area contributed by atoms with Crippen molar-refractivity contribution in [3.05, 3.63) is 71.8 Å². The lowest BCUT2D eigenvalue weighted by atomic mass is 9.98. The lowest BCUT2D eigenvalue weighted by molar-refractivity contribution is -0.304. The Morgan fingerprint density at radius 1 is 0.473 bits per heavy atom. The van der Waals surface area contributed by atoms with Crippen LogP contribution in [0.15, 0.2) is 60.7 Å². The molecule has 0 bridgehead atoms. The molecule has 0 aliphatic carbocycles. The molecule has 27 nitrogen and oxygen atoms in total. The van der Waals surface area contributed by atoms with Gasteiger partial charge in [-0.05, 0) is 11.1 Å². The molecule has 28 heteroatoms. The molecule has 1 amide bonds. The maximum Gasteiger partial charge on any atom is 0.479 e. The Labute approximate surface area is 422 Å². The number of nitrogens with one attached hydrogen (secondary N) is 1. The summed E-state index contributed by atoms with van der Waals surface area (Å²) < 4.78 is 98.8. The van der Waals surface area contributed by atoms with E-state index < -0.39 is 155 Å². The van der Waals surface area contributed by atoms with Crippen molar-refractivity contribution in [2.24, 2.45) is 0 Å². The number of amides is 1. The lowest BCUT2D eigenvalue weighted by Crippen LogP contribution is -2.63. The molecule has 0 saturated carbocycles. The minimum absolute atomic E-state index is 0.310. The van der Waals surface area contributed by atoms with E-state index in [-0.39, 0.29) is 13.2 Å². The van der Waals surface area contributed by atoms with Crippen LogP contribution in [0.2, 0.25) is 0 Å². The number of hydrogen-bond acceptors (Lipinski definition) is 26. The van der Waals surface area contributed by atoms with E-state index in [1.54, 1.807) is 60.7 Å². The predicted molar refractivity (Wildman–Crippen MR) is 239 cm³/mol. The van der Waals surface area contributed by atoms with Crippen LogP contribution in [-0.4, -0.2) is 147 Å². The number of hydrogen-bond donors (Lipinski definition) is 1.